The molecule has 1 aromatic rings. The summed E-state index contributed by atoms with van der Waals surface area (Å²) in [4.78, 5) is 14.1. The van der Waals surface area contributed by atoms with Gasteiger partial charge in [0.2, 0.25) is 5.91 Å². The van der Waals surface area contributed by atoms with Gasteiger partial charge in [-0.25, -0.2) is 0 Å². The van der Waals surface area contributed by atoms with Crippen molar-refractivity contribution in [2.45, 2.75) is 19.4 Å². The van der Waals surface area contributed by atoms with Gasteiger partial charge in [0.15, 0.2) is 0 Å². The minimum absolute atomic E-state index is 0.00630. The average Bonchev–Trinajstić information content (AvgIpc) is 2.90. The molecule has 1 fully saturated rings. The van der Waals surface area contributed by atoms with E-state index in [2.05, 4.69) is 5.32 Å². The van der Waals surface area contributed by atoms with Crippen molar-refractivity contribution in [2.75, 3.05) is 20.1 Å². The van der Waals surface area contributed by atoms with Crippen LogP contribution in [0.4, 0.5) is 0 Å². The molecule has 1 aliphatic heterocycles. The number of carbonyl (C=O) groups excluding carboxylic acids is 1. The highest BCUT2D eigenvalue weighted by Crippen LogP contribution is 2.27. The first-order valence-corrected chi connectivity index (χ1v) is 6.71. The van der Waals surface area contributed by atoms with E-state index >= 15 is 0 Å². The van der Waals surface area contributed by atoms with Crippen LogP contribution in [0.25, 0.3) is 0 Å². The predicted octanol–water partition coefficient (Wildman–Crippen LogP) is 2.47. The van der Waals surface area contributed by atoms with Crippen LogP contribution in [0.1, 0.15) is 24.9 Å². The topological polar surface area (TPSA) is 32.3 Å². The quantitative estimate of drug-likeness (QED) is 0.912. The predicted molar refractivity (Wildman–Crippen MR) is 73.6 cm³/mol. The molecule has 0 unspecified atom stereocenters. The Morgan fingerprint density at radius 2 is 2.22 bits per heavy atom. The van der Waals surface area contributed by atoms with Crippen LogP contribution in [0.3, 0.4) is 0 Å². The molecule has 98 valence electrons. The smallest absolute Gasteiger partial charge is 0.227 e. The fraction of sp³-hybridized carbons (Fsp3) is 0.500. The van der Waals surface area contributed by atoms with Crippen LogP contribution >= 0.6 is 11.6 Å². The van der Waals surface area contributed by atoms with E-state index in [1.54, 1.807) is 4.90 Å². The van der Waals surface area contributed by atoms with Gasteiger partial charge >= 0.3 is 0 Å². The number of hydrogen-bond donors (Lipinski definition) is 1. The summed E-state index contributed by atoms with van der Waals surface area (Å²) < 4.78 is 0. The van der Waals surface area contributed by atoms with Crippen molar-refractivity contribution in [3.05, 3.63) is 34.9 Å². The zero-order valence-electron chi connectivity index (χ0n) is 10.8. The molecule has 2 atom stereocenters. The highest BCUT2D eigenvalue weighted by atomic mass is 35.5. The molecule has 1 aliphatic rings. The van der Waals surface area contributed by atoms with Crippen LogP contribution in [0.2, 0.25) is 5.02 Å². The lowest BCUT2D eigenvalue weighted by Crippen LogP contribution is -2.35. The maximum atomic E-state index is 12.3. The Bertz CT molecular complexity index is 430. The summed E-state index contributed by atoms with van der Waals surface area (Å²) in [5.41, 5.74) is 1.00. The van der Waals surface area contributed by atoms with Crippen molar-refractivity contribution in [1.82, 2.24) is 10.2 Å². The number of nitrogens with zero attached hydrogens (tertiary/aromatic N) is 1. The maximum absolute atomic E-state index is 12.3. The van der Waals surface area contributed by atoms with Gasteiger partial charge in [-0.1, -0.05) is 29.8 Å². The van der Waals surface area contributed by atoms with Crippen molar-refractivity contribution in [1.29, 1.82) is 0 Å². The largest absolute Gasteiger partial charge is 0.339 e. The molecule has 1 amide bonds. The van der Waals surface area contributed by atoms with Gasteiger partial charge in [-0.05, 0) is 31.5 Å². The van der Waals surface area contributed by atoms with E-state index in [9.17, 15) is 4.79 Å². The third-order valence-electron chi connectivity index (χ3n) is 3.69. The number of hydrogen-bond acceptors (Lipinski definition) is 2. The second-order valence-electron chi connectivity index (χ2n) is 4.84. The molecule has 3 nitrogen and oxygen atoms in total. The van der Waals surface area contributed by atoms with Crippen LogP contribution in [0.5, 0.6) is 0 Å². The number of rotatable bonds is 3. The Labute approximate surface area is 113 Å². The number of nitrogens with one attached hydrogen (secondary N) is 1. The molecule has 4 heteroatoms. The van der Waals surface area contributed by atoms with Crippen molar-refractivity contribution < 1.29 is 4.79 Å². The Kier molecular flexibility index (Phi) is 4.25. The molecule has 0 aliphatic carbocycles. The summed E-state index contributed by atoms with van der Waals surface area (Å²) in [6, 6.07) is 7.70. The Morgan fingerprint density at radius 1 is 1.50 bits per heavy atom. The Hall–Kier alpha value is -1.06. The number of halogens is 1. The van der Waals surface area contributed by atoms with Crippen LogP contribution in [-0.2, 0) is 4.79 Å². The minimum Gasteiger partial charge on any atom is -0.339 e. The van der Waals surface area contributed by atoms with E-state index in [4.69, 9.17) is 11.6 Å². The average molecular weight is 267 g/mol. The fourth-order valence-electron chi connectivity index (χ4n) is 2.37. The molecular weight excluding hydrogens is 248 g/mol. The minimum atomic E-state index is 0.00630. The van der Waals surface area contributed by atoms with Gasteiger partial charge in [-0.15, -0.1) is 0 Å². The van der Waals surface area contributed by atoms with Gasteiger partial charge in [0.1, 0.15) is 0 Å². The van der Waals surface area contributed by atoms with E-state index in [-0.39, 0.29) is 17.9 Å². The van der Waals surface area contributed by atoms with E-state index in [1.807, 2.05) is 38.2 Å². The van der Waals surface area contributed by atoms with Gasteiger partial charge in [-0.3, -0.25) is 4.79 Å². The summed E-state index contributed by atoms with van der Waals surface area (Å²) in [5.74, 6) is 0.312. The molecule has 1 heterocycles. The molecule has 0 radical (unpaired) electrons. The lowest BCUT2D eigenvalue weighted by Gasteiger charge is -2.28. The van der Waals surface area contributed by atoms with Crippen LogP contribution < -0.4 is 5.32 Å². The fourth-order valence-corrected chi connectivity index (χ4v) is 2.66. The summed E-state index contributed by atoms with van der Waals surface area (Å²) in [6.07, 6.45) is 0.929. The summed E-state index contributed by atoms with van der Waals surface area (Å²) >= 11 is 6.18. The molecule has 0 spiro atoms. The molecule has 2 rings (SSSR count). The number of benzene rings is 1. The number of carbonyl (C=O) groups is 1. The third kappa shape index (κ3) is 2.68. The molecule has 1 aromatic carbocycles. The molecule has 1 N–H and O–H groups in total. The van der Waals surface area contributed by atoms with Gasteiger partial charge in [-0.2, -0.15) is 0 Å². The van der Waals surface area contributed by atoms with Crippen LogP contribution in [-0.4, -0.2) is 30.9 Å². The van der Waals surface area contributed by atoms with Crippen molar-refractivity contribution >= 4 is 17.5 Å². The van der Waals surface area contributed by atoms with E-state index in [0.29, 0.717) is 5.02 Å². The summed E-state index contributed by atoms with van der Waals surface area (Å²) in [6.45, 7) is 3.74. The first-order chi connectivity index (χ1) is 8.61. The maximum Gasteiger partial charge on any atom is 0.227 e. The summed E-state index contributed by atoms with van der Waals surface area (Å²) in [5, 5.41) is 3.94. The number of amides is 1. The lowest BCUT2D eigenvalue weighted by atomic mass is 10.0. The molecule has 0 aromatic heterocycles. The second kappa shape index (κ2) is 5.72. The van der Waals surface area contributed by atoms with Crippen molar-refractivity contribution in [3.63, 3.8) is 0 Å². The zero-order chi connectivity index (χ0) is 13.1. The second-order valence-corrected chi connectivity index (χ2v) is 5.24. The van der Waals surface area contributed by atoms with E-state index < -0.39 is 0 Å². The van der Waals surface area contributed by atoms with E-state index in [1.165, 1.54) is 0 Å². The van der Waals surface area contributed by atoms with Crippen molar-refractivity contribution in [3.8, 4) is 0 Å². The van der Waals surface area contributed by atoms with Crippen LogP contribution in [0.15, 0.2) is 24.3 Å². The molecule has 0 saturated carbocycles. The highest BCUT2D eigenvalue weighted by molar-refractivity contribution is 6.31. The van der Waals surface area contributed by atoms with Crippen molar-refractivity contribution in [2.24, 2.45) is 5.92 Å². The van der Waals surface area contributed by atoms with Gasteiger partial charge < -0.3 is 10.2 Å². The van der Waals surface area contributed by atoms with E-state index in [0.717, 1.165) is 25.1 Å². The Balaban J connectivity index is 2.10. The zero-order valence-corrected chi connectivity index (χ0v) is 11.6. The molecule has 18 heavy (non-hydrogen) atoms. The molecule has 1 saturated heterocycles. The highest BCUT2D eigenvalue weighted by Gasteiger charge is 2.28. The lowest BCUT2D eigenvalue weighted by molar-refractivity contribution is -0.135. The van der Waals surface area contributed by atoms with Gasteiger partial charge in [0.25, 0.3) is 0 Å². The first kappa shape index (κ1) is 13.4. The van der Waals surface area contributed by atoms with Gasteiger partial charge in [0, 0.05) is 18.6 Å². The summed E-state index contributed by atoms with van der Waals surface area (Å²) in [7, 11) is 1.86. The van der Waals surface area contributed by atoms with Gasteiger partial charge in [0.05, 0.1) is 12.0 Å². The normalized spacial score (nSPS) is 20.7. The SMILES string of the molecule is C[C@H](c1ccccc1Cl)N(C)C(=O)[C@H]1CCNC1. The van der Waals surface area contributed by atoms with Crippen LogP contribution in [0, 0.1) is 5.92 Å². The third-order valence-corrected chi connectivity index (χ3v) is 4.04. The first-order valence-electron chi connectivity index (χ1n) is 6.33. The monoisotopic (exact) mass is 266 g/mol. The Morgan fingerprint density at radius 3 is 2.83 bits per heavy atom. The molecular formula is C14H19ClN2O. The molecule has 0 bridgehead atoms. The standard InChI is InChI=1S/C14H19ClN2O/c1-10(12-5-3-4-6-13(12)15)17(2)14(18)11-7-8-16-9-11/h3-6,10-11,16H,7-9H2,1-2H3/t10-,11+/m1/s1.